The van der Waals surface area contributed by atoms with Crippen molar-refractivity contribution < 1.29 is 24.2 Å². The normalized spacial score (nSPS) is 10.1. The van der Waals surface area contributed by atoms with E-state index in [1.54, 1.807) is 21.6 Å². The summed E-state index contributed by atoms with van der Waals surface area (Å²) in [6.07, 6.45) is -0.142. The molecule has 0 fully saturated rings. The van der Waals surface area contributed by atoms with Crippen LogP contribution in [-0.4, -0.2) is 17.2 Å². The molecule has 0 saturated carbocycles. The number of carbonyl (C=O) groups is 2. The summed E-state index contributed by atoms with van der Waals surface area (Å²) in [5.74, 6) is -0.439. The number of rotatable bonds is 8. The highest BCUT2D eigenvalue weighted by molar-refractivity contribution is 8.76. The Bertz CT molecular complexity index is 726. The van der Waals surface area contributed by atoms with Gasteiger partial charge in [0, 0.05) is 15.9 Å². The summed E-state index contributed by atoms with van der Waals surface area (Å²) in [4.78, 5) is 23.5. The van der Waals surface area contributed by atoms with Crippen LogP contribution in [-0.2, 0) is 27.5 Å². The Hall–Kier alpha value is -2.38. The molecular formula is C18H16O5S2. The minimum absolute atomic E-state index is 0.0469. The second kappa shape index (κ2) is 9.80. The largest absolute Gasteiger partial charge is 0.506 e. The van der Waals surface area contributed by atoms with Crippen LogP contribution in [0.25, 0.3) is 0 Å². The molecule has 2 aromatic rings. The molecule has 5 nitrogen and oxygen atoms in total. The lowest BCUT2D eigenvalue weighted by atomic mass is 10.2. The summed E-state index contributed by atoms with van der Waals surface area (Å²) in [5, 5.41) is 8.47. The lowest BCUT2D eigenvalue weighted by molar-refractivity contribution is -0.138. The maximum Gasteiger partial charge on any atom is 0.506 e. The zero-order valence-electron chi connectivity index (χ0n) is 13.2. The first kappa shape index (κ1) is 19.0. The summed E-state index contributed by atoms with van der Waals surface area (Å²) in [6.45, 7) is 3.62. The van der Waals surface area contributed by atoms with Crippen molar-refractivity contribution in [2.75, 3.05) is 0 Å². The molecule has 25 heavy (non-hydrogen) atoms. The number of carboxylic acid groups (broad SMARTS) is 1. The van der Waals surface area contributed by atoms with E-state index < -0.39 is 12.1 Å². The van der Waals surface area contributed by atoms with Crippen LogP contribution in [0.4, 0.5) is 4.79 Å². The smallest absolute Gasteiger partial charge is 0.458 e. The number of hydrogen-bond acceptors (Lipinski definition) is 6. The van der Waals surface area contributed by atoms with Gasteiger partial charge in [-0.15, -0.1) is 0 Å². The Morgan fingerprint density at radius 3 is 1.72 bits per heavy atom. The zero-order valence-corrected chi connectivity index (χ0v) is 14.8. The van der Waals surface area contributed by atoms with Gasteiger partial charge in [0.25, 0.3) is 0 Å². The summed E-state index contributed by atoms with van der Waals surface area (Å²) in [7, 11) is 3.20. The summed E-state index contributed by atoms with van der Waals surface area (Å²) >= 11 is 0. The fourth-order valence-electron chi connectivity index (χ4n) is 1.74. The van der Waals surface area contributed by atoms with Gasteiger partial charge in [0.1, 0.15) is 13.2 Å². The van der Waals surface area contributed by atoms with E-state index in [0.717, 1.165) is 27.0 Å². The molecule has 2 aromatic carbocycles. The van der Waals surface area contributed by atoms with Gasteiger partial charge in [-0.3, -0.25) is 0 Å². The second-order valence-electron chi connectivity index (χ2n) is 4.82. The summed E-state index contributed by atoms with van der Waals surface area (Å²) in [6, 6.07) is 15.2. The molecule has 0 saturated heterocycles. The lowest BCUT2D eigenvalue weighted by Crippen LogP contribution is -1.99. The minimum atomic E-state index is -1.28. The van der Waals surface area contributed by atoms with Crippen molar-refractivity contribution >= 4 is 33.7 Å². The van der Waals surface area contributed by atoms with Crippen LogP contribution in [0.1, 0.15) is 11.1 Å². The monoisotopic (exact) mass is 376 g/mol. The molecule has 0 amide bonds. The van der Waals surface area contributed by atoms with E-state index in [-0.39, 0.29) is 13.2 Å². The van der Waals surface area contributed by atoms with Crippen molar-refractivity contribution in [1.29, 1.82) is 0 Å². The predicted molar refractivity (Wildman–Crippen MR) is 97.4 cm³/mol. The Morgan fingerprint density at radius 2 is 1.32 bits per heavy atom. The molecule has 7 heteroatoms. The molecule has 0 spiro atoms. The van der Waals surface area contributed by atoms with Gasteiger partial charge in [0.2, 0.25) is 0 Å². The average Bonchev–Trinajstić information content (AvgIpc) is 2.64. The van der Waals surface area contributed by atoms with Gasteiger partial charge in [-0.1, -0.05) is 52.4 Å². The molecule has 0 aliphatic heterocycles. The summed E-state index contributed by atoms with van der Waals surface area (Å²) < 4.78 is 9.49. The van der Waals surface area contributed by atoms with E-state index in [1.165, 1.54) is 0 Å². The first-order valence-corrected chi connectivity index (χ1v) is 9.39. The SMILES string of the molecule is C=CC(=O)OCc1ccc(SSc2ccc(COC(=O)O)cc2)cc1. The fraction of sp³-hybridized carbons (Fsp3) is 0.111. The highest BCUT2D eigenvalue weighted by Crippen LogP contribution is 2.37. The highest BCUT2D eigenvalue weighted by atomic mass is 33.1. The molecule has 0 aromatic heterocycles. The number of ether oxygens (including phenoxy) is 2. The maximum atomic E-state index is 11.0. The van der Waals surface area contributed by atoms with Crippen molar-refractivity contribution in [3.63, 3.8) is 0 Å². The quantitative estimate of drug-likeness (QED) is 0.399. The van der Waals surface area contributed by atoms with Crippen molar-refractivity contribution in [1.82, 2.24) is 0 Å². The predicted octanol–water partition coefficient (Wildman–Crippen LogP) is 4.91. The van der Waals surface area contributed by atoms with E-state index >= 15 is 0 Å². The Kier molecular flexibility index (Phi) is 7.43. The number of esters is 1. The Balaban J connectivity index is 1.81. The minimum Gasteiger partial charge on any atom is -0.458 e. The topological polar surface area (TPSA) is 72.8 Å². The lowest BCUT2D eigenvalue weighted by Gasteiger charge is -2.05. The van der Waals surface area contributed by atoms with E-state index in [9.17, 15) is 9.59 Å². The zero-order chi connectivity index (χ0) is 18.1. The summed E-state index contributed by atoms with van der Waals surface area (Å²) in [5.41, 5.74) is 1.71. The van der Waals surface area contributed by atoms with Crippen LogP contribution in [0.2, 0.25) is 0 Å². The van der Waals surface area contributed by atoms with Gasteiger partial charge in [0.15, 0.2) is 0 Å². The molecule has 0 aliphatic rings. The first-order valence-electron chi connectivity index (χ1n) is 7.24. The molecule has 0 heterocycles. The third-order valence-electron chi connectivity index (χ3n) is 2.99. The molecule has 0 aliphatic carbocycles. The maximum absolute atomic E-state index is 11.0. The van der Waals surface area contributed by atoms with Gasteiger partial charge in [-0.05, 0) is 35.4 Å². The van der Waals surface area contributed by atoms with Crippen molar-refractivity contribution in [3.8, 4) is 0 Å². The Morgan fingerprint density at radius 1 is 0.880 bits per heavy atom. The molecular weight excluding hydrogens is 360 g/mol. The van der Waals surface area contributed by atoms with Gasteiger partial charge in [-0.2, -0.15) is 0 Å². The number of carbonyl (C=O) groups excluding carboxylic acids is 1. The van der Waals surface area contributed by atoms with Crippen molar-refractivity contribution in [2.45, 2.75) is 23.0 Å². The van der Waals surface area contributed by atoms with Gasteiger partial charge in [-0.25, -0.2) is 9.59 Å². The molecule has 2 rings (SSSR count). The van der Waals surface area contributed by atoms with Gasteiger partial charge >= 0.3 is 12.1 Å². The van der Waals surface area contributed by atoms with Crippen molar-refractivity contribution in [3.05, 3.63) is 72.3 Å². The molecule has 130 valence electrons. The van der Waals surface area contributed by atoms with Gasteiger partial charge in [0.05, 0.1) is 0 Å². The van der Waals surface area contributed by atoms with E-state index in [2.05, 4.69) is 11.3 Å². The average molecular weight is 376 g/mol. The van der Waals surface area contributed by atoms with Crippen LogP contribution in [0.5, 0.6) is 0 Å². The van der Waals surface area contributed by atoms with Crippen LogP contribution in [0.15, 0.2) is 71.0 Å². The highest BCUT2D eigenvalue weighted by Gasteiger charge is 2.02. The first-order chi connectivity index (χ1) is 12.1. The van der Waals surface area contributed by atoms with Crippen molar-refractivity contribution in [2.24, 2.45) is 0 Å². The third kappa shape index (κ3) is 6.94. The Labute approximate surface area is 153 Å². The van der Waals surface area contributed by atoms with Crippen LogP contribution < -0.4 is 0 Å². The number of hydrogen-bond donors (Lipinski definition) is 1. The van der Waals surface area contributed by atoms with E-state index in [4.69, 9.17) is 9.84 Å². The standard InChI is InChI=1S/C18H16O5S2/c1-2-17(19)22-11-13-3-7-15(8-4-13)24-25-16-9-5-14(6-10-16)12-23-18(20)21/h2-10H,1,11-12H2,(H,20,21). The fourth-order valence-corrected chi connectivity index (χ4v) is 3.67. The molecule has 0 atom stereocenters. The third-order valence-corrected chi connectivity index (χ3v) is 5.41. The van der Waals surface area contributed by atoms with Crippen LogP contribution >= 0.6 is 21.6 Å². The molecule has 0 radical (unpaired) electrons. The van der Waals surface area contributed by atoms with Crippen LogP contribution in [0, 0.1) is 0 Å². The molecule has 0 unspecified atom stereocenters. The van der Waals surface area contributed by atoms with E-state index in [1.807, 2.05) is 48.5 Å². The second-order valence-corrected chi connectivity index (χ2v) is 7.10. The van der Waals surface area contributed by atoms with E-state index in [0.29, 0.717) is 0 Å². The van der Waals surface area contributed by atoms with Gasteiger partial charge < -0.3 is 14.6 Å². The number of benzene rings is 2. The molecule has 0 bridgehead atoms. The molecule has 1 N–H and O–H groups in total. The van der Waals surface area contributed by atoms with Crippen LogP contribution in [0.3, 0.4) is 0 Å².